The average Bonchev–Trinajstić information content (AvgIpc) is 2.95. The maximum atomic E-state index is 5.68. The van der Waals surface area contributed by atoms with Crippen LogP contribution in [0.15, 0.2) is 64.5 Å². The number of rotatable bonds is 3. The van der Waals surface area contributed by atoms with E-state index in [-0.39, 0.29) is 10.8 Å². The number of pyridine rings is 1. The maximum absolute atomic E-state index is 5.68. The second kappa shape index (κ2) is 10.3. The summed E-state index contributed by atoms with van der Waals surface area (Å²) in [5.74, 6) is 0.596. The highest BCUT2D eigenvalue weighted by Crippen LogP contribution is 2.53. The lowest BCUT2D eigenvalue weighted by Gasteiger charge is -2.28. The van der Waals surface area contributed by atoms with E-state index in [0.29, 0.717) is 5.92 Å². The maximum Gasteiger partial charge on any atom is 0.222 e. The van der Waals surface area contributed by atoms with Gasteiger partial charge in [0.05, 0.1) is 10.9 Å². The molecule has 0 unspecified atom stereocenters. The first-order valence-corrected chi connectivity index (χ1v) is 16.9. The highest BCUT2D eigenvalue weighted by molar-refractivity contribution is 8.00. The number of aromatic nitrogens is 1. The Hall–Kier alpha value is -2.88. The molecule has 43 heavy (non-hydrogen) atoms. The van der Waals surface area contributed by atoms with Crippen LogP contribution in [0, 0.1) is 17.8 Å². The summed E-state index contributed by atoms with van der Waals surface area (Å²) in [7, 11) is 2.24. The molecule has 0 saturated carbocycles. The molecule has 0 bridgehead atoms. The second-order valence-corrected chi connectivity index (χ2v) is 16.6. The lowest BCUT2D eigenvalue weighted by atomic mass is 9.81. The zero-order valence-corrected chi connectivity index (χ0v) is 28.1. The molecule has 2 nitrogen and oxygen atoms in total. The van der Waals surface area contributed by atoms with Gasteiger partial charge in [0.2, 0.25) is 5.69 Å². The fraction of sp³-hybridized carbons (Fsp3) is 0.425. The quantitative estimate of drug-likeness (QED) is 0.151. The number of hydrogen-bond acceptors (Lipinski definition) is 2. The van der Waals surface area contributed by atoms with Crippen LogP contribution >= 0.6 is 11.8 Å². The van der Waals surface area contributed by atoms with E-state index in [1.54, 1.807) is 0 Å². The van der Waals surface area contributed by atoms with Crippen LogP contribution in [0.4, 0.5) is 0 Å². The van der Waals surface area contributed by atoms with Crippen molar-refractivity contribution < 1.29 is 9.30 Å². The number of fused-ring (bicyclic) bond motifs is 5. The van der Waals surface area contributed by atoms with Gasteiger partial charge < -0.3 is 4.74 Å². The van der Waals surface area contributed by atoms with Gasteiger partial charge in [0.1, 0.15) is 7.05 Å². The van der Waals surface area contributed by atoms with Crippen molar-refractivity contribution in [1.29, 1.82) is 0 Å². The Morgan fingerprint density at radius 3 is 2.26 bits per heavy atom. The predicted molar refractivity (Wildman–Crippen MR) is 184 cm³/mol. The van der Waals surface area contributed by atoms with Crippen molar-refractivity contribution in [2.24, 2.45) is 17.9 Å². The van der Waals surface area contributed by atoms with Gasteiger partial charge in [-0.25, -0.2) is 4.57 Å². The molecule has 7 rings (SSSR count). The van der Waals surface area contributed by atoms with Crippen molar-refractivity contribution in [3.8, 4) is 11.3 Å². The first kappa shape index (κ1) is 28.9. The first-order chi connectivity index (χ1) is 20.4. The lowest BCUT2D eigenvalue weighted by molar-refractivity contribution is -0.659. The fourth-order valence-corrected chi connectivity index (χ4v) is 9.00. The van der Waals surface area contributed by atoms with Gasteiger partial charge >= 0.3 is 0 Å². The molecule has 0 aliphatic carbocycles. The van der Waals surface area contributed by atoms with Crippen molar-refractivity contribution in [2.75, 3.05) is 13.2 Å². The Morgan fingerprint density at radius 1 is 0.814 bits per heavy atom. The zero-order chi connectivity index (χ0) is 30.3. The van der Waals surface area contributed by atoms with E-state index < -0.39 is 0 Å². The number of aryl methyl sites for hydroxylation is 2. The van der Waals surface area contributed by atoms with Crippen LogP contribution in [0.25, 0.3) is 43.6 Å². The normalized spacial score (nSPS) is 15.9. The number of hydrogen-bond donors (Lipinski definition) is 0. The van der Waals surface area contributed by atoms with Crippen LogP contribution in [0.5, 0.6) is 0 Å². The molecule has 1 fully saturated rings. The molecule has 0 N–H and O–H groups in total. The van der Waals surface area contributed by atoms with Crippen molar-refractivity contribution in [3.05, 3.63) is 77.0 Å². The summed E-state index contributed by atoms with van der Waals surface area (Å²) in [6, 6.07) is 19.4. The van der Waals surface area contributed by atoms with Crippen LogP contribution in [0.3, 0.4) is 0 Å². The van der Waals surface area contributed by atoms with Gasteiger partial charge in [-0.05, 0) is 99.2 Å². The van der Waals surface area contributed by atoms with Crippen LogP contribution in [0.1, 0.15) is 82.6 Å². The topological polar surface area (TPSA) is 13.1 Å². The smallest absolute Gasteiger partial charge is 0.222 e. The Labute approximate surface area is 261 Å². The molecule has 0 radical (unpaired) electrons. The van der Waals surface area contributed by atoms with Crippen molar-refractivity contribution in [1.82, 2.24) is 0 Å². The molecular weight excluding hydrogens is 543 g/mol. The average molecular weight is 589 g/mol. The number of ether oxygens (including phenoxy) is 1. The highest BCUT2D eigenvalue weighted by atomic mass is 32.2. The number of benzene rings is 4. The van der Waals surface area contributed by atoms with Gasteiger partial charge in [-0.15, -0.1) is 0 Å². The molecular formula is C40H46NOS+. The Morgan fingerprint density at radius 2 is 1.53 bits per heavy atom. The summed E-state index contributed by atoms with van der Waals surface area (Å²) in [5.41, 5.74) is 9.05. The van der Waals surface area contributed by atoms with E-state index in [9.17, 15) is 0 Å². The lowest BCUT2D eigenvalue weighted by Crippen LogP contribution is -2.32. The van der Waals surface area contributed by atoms with Crippen molar-refractivity contribution in [3.63, 3.8) is 0 Å². The predicted octanol–water partition coefficient (Wildman–Crippen LogP) is 10.5. The minimum Gasteiger partial charge on any atom is -0.381 e. The standard InChI is InChI=1S/C40H46NOS/c1-24-32-19-25(22-39(2,3)4)9-11-30(32)33(23-40(5,6)7)38-35(24)37-36-31(13-16-41(37)8)29-12-10-27(26-14-17-42-18-15-26)20-28(29)21-34(36)43-38/h9-13,16,19-21,26H,14-15,17-18,22-23H2,1-8H3/q+1. The van der Waals surface area contributed by atoms with E-state index in [1.807, 2.05) is 11.8 Å². The SMILES string of the molecule is Cc1c2c(c(CC(C)(C)C)c3ccc(CC(C)(C)C)cc13)Sc1cc3cc(C4CCOCC4)ccc3c3cc[n+](C)c-2c13. The van der Waals surface area contributed by atoms with Gasteiger partial charge in [0, 0.05) is 34.5 Å². The molecule has 0 atom stereocenters. The third kappa shape index (κ3) is 5.17. The molecule has 2 aliphatic heterocycles. The molecule has 0 amide bonds. The third-order valence-electron chi connectivity index (χ3n) is 9.49. The van der Waals surface area contributed by atoms with E-state index in [4.69, 9.17) is 4.74 Å². The van der Waals surface area contributed by atoms with Gasteiger partial charge in [0.15, 0.2) is 6.20 Å². The summed E-state index contributed by atoms with van der Waals surface area (Å²) in [5, 5.41) is 8.35. The summed E-state index contributed by atoms with van der Waals surface area (Å²) < 4.78 is 8.06. The van der Waals surface area contributed by atoms with Gasteiger partial charge in [0.25, 0.3) is 0 Å². The molecule has 1 saturated heterocycles. The van der Waals surface area contributed by atoms with Gasteiger partial charge in [-0.1, -0.05) is 89.7 Å². The van der Waals surface area contributed by atoms with E-state index >= 15 is 0 Å². The molecule has 5 aromatic rings. The minimum atomic E-state index is 0.178. The molecule has 222 valence electrons. The molecule has 3 heterocycles. The summed E-state index contributed by atoms with van der Waals surface area (Å²) in [4.78, 5) is 2.85. The fourth-order valence-electron chi connectivity index (χ4n) is 7.63. The zero-order valence-electron chi connectivity index (χ0n) is 27.3. The van der Waals surface area contributed by atoms with Crippen LogP contribution in [-0.4, -0.2) is 13.2 Å². The Kier molecular flexibility index (Phi) is 6.95. The molecule has 2 aliphatic rings. The van der Waals surface area contributed by atoms with Crippen LogP contribution in [0.2, 0.25) is 0 Å². The van der Waals surface area contributed by atoms with E-state index in [2.05, 4.69) is 115 Å². The van der Waals surface area contributed by atoms with E-state index in [1.165, 1.54) is 75.6 Å². The minimum absolute atomic E-state index is 0.178. The van der Waals surface area contributed by atoms with Crippen molar-refractivity contribution in [2.45, 2.75) is 89.9 Å². The Bertz CT molecular complexity index is 1910. The highest BCUT2D eigenvalue weighted by Gasteiger charge is 2.33. The molecule has 3 heteroatoms. The Balaban J connectivity index is 1.51. The molecule has 0 spiro atoms. The van der Waals surface area contributed by atoms with E-state index in [0.717, 1.165) is 38.9 Å². The van der Waals surface area contributed by atoms with Crippen LogP contribution in [-0.2, 0) is 24.6 Å². The van der Waals surface area contributed by atoms with Gasteiger partial charge in [-0.2, -0.15) is 0 Å². The molecule has 1 aromatic heterocycles. The largest absolute Gasteiger partial charge is 0.381 e. The first-order valence-electron chi connectivity index (χ1n) is 16.1. The monoisotopic (exact) mass is 588 g/mol. The summed E-state index contributed by atoms with van der Waals surface area (Å²) in [6.07, 6.45) is 6.66. The summed E-state index contributed by atoms with van der Waals surface area (Å²) in [6.45, 7) is 18.3. The third-order valence-corrected chi connectivity index (χ3v) is 10.7. The van der Waals surface area contributed by atoms with Crippen molar-refractivity contribution >= 4 is 44.1 Å². The summed E-state index contributed by atoms with van der Waals surface area (Å²) >= 11 is 2.02. The molecule has 4 aromatic carbocycles. The van der Waals surface area contributed by atoms with Crippen LogP contribution < -0.4 is 4.57 Å². The van der Waals surface area contributed by atoms with Gasteiger partial charge in [-0.3, -0.25) is 0 Å². The number of nitrogens with zero attached hydrogens (tertiary/aromatic N) is 1. The second-order valence-electron chi connectivity index (χ2n) is 15.6.